The number of ether oxygens (including phenoxy) is 1. The quantitative estimate of drug-likeness (QED) is 0.463. The van der Waals surface area contributed by atoms with Gasteiger partial charge >= 0.3 is 5.97 Å². The Balaban J connectivity index is 1.72. The lowest BCUT2D eigenvalue weighted by molar-refractivity contribution is -0.121. The van der Waals surface area contributed by atoms with Gasteiger partial charge in [0.15, 0.2) is 11.5 Å². The van der Waals surface area contributed by atoms with Crippen molar-refractivity contribution in [1.82, 2.24) is 34.7 Å². The molecule has 4 heterocycles. The van der Waals surface area contributed by atoms with Crippen molar-refractivity contribution >= 4 is 34.4 Å². The summed E-state index contributed by atoms with van der Waals surface area (Å²) in [6, 6.07) is 4.76. The molecule has 0 bridgehead atoms. The Morgan fingerprint density at radius 1 is 1.28 bits per heavy atom. The van der Waals surface area contributed by atoms with E-state index < -0.39 is 12.0 Å². The average molecular weight is 434 g/mol. The highest BCUT2D eigenvalue weighted by Crippen LogP contribution is 2.27. The average Bonchev–Trinajstić information content (AvgIpc) is 3.38. The van der Waals surface area contributed by atoms with Gasteiger partial charge in [-0.15, -0.1) is 5.10 Å². The zero-order valence-electron chi connectivity index (χ0n) is 17.7. The standard InChI is InChI=1S/C21H22N8O3/c1-28-11-12(10-23-28)17-26-18-13-6-5-7-14(20(31)32-2)16(13)25-21(29(18)27-17)24-15-8-3-4-9-22-19(15)30/h5-7,10-11,15H,3-4,8-9H2,1-2H3,(H,22,30)(H,24,25)/t15-/m1/s1. The molecular formula is C21H22N8O3. The van der Waals surface area contributed by atoms with Crippen LogP contribution in [0.3, 0.4) is 0 Å². The summed E-state index contributed by atoms with van der Waals surface area (Å²) in [4.78, 5) is 34.3. The van der Waals surface area contributed by atoms with E-state index in [2.05, 4.69) is 20.8 Å². The molecule has 0 unspecified atom stereocenters. The predicted molar refractivity (Wildman–Crippen MR) is 116 cm³/mol. The van der Waals surface area contributed by atoms with Gasteiger partial charge in [-0.1, -0.05) is 6.07 Å². The van der Waals surface area contributed by atoms with E-state index in [-0.39, 0.29) is 5.91 Å². The molecule has 164 valence electrons. The molecule has 1 aliphatic rings. The molecule has 4 aromatic rings. The minimum Gasteiger partial charge on any atom is -0.465 e. The van der Waals surface area contributed by atoms with Crippen LogP contribution >= 0.6 is 0 Å². The number of methoxy groups -OCH3 is 1. The van der Waals surface area contributed by atoms with E-state index >= 15 is 0 Å². The molecule has 0 saturated carbocycles. The number of aryl methyl sites for hydroxylation is 1. The van der Waals surface area contributed by atoms with Crippen molar-refractivity contribution in [1.29, 1.82) is 0 Å². The molecule has 2 N–H and O–H groups in total. The van der Waals surface area contributed by atoms with Gasteiger partial charge in [-0.3, -0.25) is 9.48 Å². The Bertz CT molecular complexity index is 1340. The fraction of sp³-hybridized carbons (Fsp3) is 0.333. The van der Waals surface area contributed by atoms with Crippen LogP contribution < -0.4 is 10.6 Å². The maximum absolute atomic E-state index is 12.5. The summed E-state index contributed by atoms with van der Waals surface area (Å²) in [5.74, 6) is 0.196. The topological polar surface area (TPSA) is 128 Å². The number of fused-ring (bicyclic) bond motifs is 3. The van der Waals surface area contributed by atoms with Crippen LogP contribution in [0.1, 0.15) is 29.6 Å². The van der Waals surface area contributed by atoms with E-state index in [4.69, 9.17) is 14.7 Å². The molecule has 3 aromatic heterocycles. The van der Waals surface area contributed by atoms with Crippen LogP contribution in [-0.2, 0) is 16.6 Å². The first-order valence-corrected chi connectivity index (χ1v) is 10.4. The van der Waals surface area contributed by atoms with Crippen molar-refractivity contribution in [3.63, 3.8) is 0 Å². The Kier molecular flexibility index (Phi) is 4.92. The number of esters is 1. The van der Waals surface area contributed by atoms with Gasteiger partial charge in [0.25, 0.3) is 0 Å². The lowest BCUT2D eigenvalue weighted by Crippen LogP contribution is -2.38. The van der Waals surface area contributed by atoms with Gasteiger partial charge in [0.1, 0.15) is 6.04 Å². The molecular weight excluding hydrogens is 412 g/mol. The largest absolute Gasteiger partial charge is 0.465 e. The molecule has 1 atom stereocenters. The van der Waals surface area contributed by atoms with Crippen molar-refractivity contribution < 1.29 is 14.3 Å². The Labute approximate surface area is 182 Å². The molecule has 1 aromatic carbocycles. The van der Waals surface area contributed by atoms with Gasteiger partial charge in [-0.25, -0.2) is 14.8 Å². The molecule has 5 rings (SSSR count). The van der Waals surface area contributed by atoms with E-state index in [1.54, 1.807) is 27.5 Å². The first-order valence-electron chi connectivity index (χ1n) is 10.4. The molecule has 1 fully saturated rings. The highest BCUT2D eigenvalue weighted by molar-refractivity contribution is 6.06. The van der Waals surface area contributed by atoms with Crippen molar-refractivity contribution in [3.8, 4) is 11.4 Å². The van der Waals surface area contributed by atoms with Gasteiger partial charge < -0.3 is 15.4 Å². The molecule has 0 spiro atoms. The van der Waals surface area contributed by atoms with E-state index in [0.717, 1.165) is 18.4 Å². The fourth-order valence-electron chi connectivity index (χ4n) is 3.89. The van der Waals surface area contributed by atoms with Crippen LogP contribution in [0.4, 0.5) is 5.95 Å². The lowest BCUT2D eigenvalue weighted by Gasteiger charge is -2.17. The second-order valence-electron chi connectivity index (χ2n) is 7.69. The van der Waals surface area contributed by atoms with Gasteiger partial charge in [0, 0.05) is 25.2 Å². The number of nitrogens with one attached hydrogen (secondary N) is 2. The Hall–Kier alpha value is -4.02. The number of carbonyl (C=O) groups is 2. The summed E-state index contributed by atoms with van der Waals surface area (Å²) in [7, 11) is 3.14. The van der Waals surface area contributed by atoms with Crippen molar-refractivity contribution in [3.05, 3.63) is 36.2 Å². The van der Waals surface area contributed by atoms with Crippen molar-refractivity contribution in [2.45, 2.75) is 25.3 Å². The van der Waals surface area contributed by atoms with Gasteiger partial charge in [0.05, 0.1) is 30.0 Å². The summed E-state index contributed by atoms with van der Waals surface area (Å²) in [6.45, 7) is 0.651. The second-order valence-corrected chi connectivity index (χ2v) is 7.69. The molecule has 1 aliphatic heterocycles. The summed E-state index contributed by atoms with van der Waals surface area (Å²) in [5.41, 5.74) is 1.99. The van der Waals surface area contributed by atoms with Crippen LogP contribution in [0.15, 0.2) is 30.6 Å². The SMILES string of the molecule is COC(=O)c1cccc2c1nc(N[C@@H]1CCCCNC1=O)n1nc(-c3cnn(C)c3)nc21. The van der Waals surface area contributed by atoms with Crippen LogP contribution in [0.2, 0.25) is 0 Å². The number of para-hydroxylation sites is 1. The number of nitrogens with zero attached hydrogens (tertiary/aromatic N) is 6. The molecule has 11 nitrogen and oxygen atoms in total. The second kappa shape index (κ2) is 7.91. The molecule has 0 radical (unpaired) electrons. The smallest absolute Gasteiger partial charge is 0.340 e. The Morgan fingerprint density at radius 2 is 2.16 bits per heavy atom. The van der Waals surface area contributed by atoms with E-state index in [1.807, 2.05) is 19.3 Å². The van der Waals surface area contributed by atoms with Crippen LogP contribution in [0.25, 0.3) is 27.9 Å². The number of rotatable bonds is 4. The first kappa shape index (κ1) is 19.9. The third kappa shape index (κ3) is 3.41. The number of amides is 1. The number of benzene rings is 1. The lowest BCUT2D eigenvalue weighted by atomic mass is 10.1. The minimum atomic E-state index is -0.502. The first-order chi connectivity index (χ1) is 15.5. The number of carbonyl (C=O) groups excluding carboxylic acids is 2. The van der Waals surface area contributed by atoms with Gasteiger partial charge in [-0.05, 0) is 31.4 Å². The highest BCUT2D eigenvalue weighted by atomic mass is 16.5. The highest BCUT2D eigenvalue weighted by Gasteiger charge is 2.25. The zero-order chi connectivity index (χ0) is 22.2. The zero-order valence-corrected chi connectivity index (χ0v) is 17.7. The van der Waals surface area contributed by atoms with Crippen LogP contribution in [-0.4, -0.2) is 60.9 Å². The third-order valence-corrected chi connectivity index (χ3v) is 5.51. The molecule has 11 heteroatoms. The van der Waals surface area contributed by atoms with Crippen molar-refractivity contribution in [2.24, 2.45) is 7.05 Å². The van der Waals surface area contributed by atoms with Crippen LogP contribution in [0, 0.1) is 0 Å². The van der Waals surface area contributed by atoms with Crippen molar-refractivity contribution in [2.75, 3.05) is 19.0 Å². The molecule has 1 amide bonds. The molecule has 0 aliphatic carbocycles. The summed E-state index contributed by atoms with van der Waals surface area (Å²) in [5, 5.41) is 15.6. The number of aromatic nitrogens is 6. The number of anilines is 1. The Morgan fingerprint density at radius 3 is 2.94 bits per heavy atom. The van der Waals surface area contributed by atoms with E-state index in [0.29, 0.717) is 46.9 Å². The van der Waals surface area contributed by atoms with E-state index in [9.17, 15) is 9.59 Å². The van der Waals surface area contributed by atoms with Gasteiger partial charge in [0.2, 0.25) is 11.9 Å². The predicted octanol–water partition coefficient (Wildman–Crippen LogP) is 1.55. The minimum absolute atomic E-state index is 0.0913. The number of hydrogen-bond acceptors (Lipinski definition) is 8. The normalized spacial score (nSPS) is 16.7. The summed E-state index contributed by atoms with van der Waals surface area (Å²) in [6.07, 6.45) is 5.98. The summed E-state index contributed by atoms with van der Waals surface area (Å²) < 4.78 is 8.18. The monoisotopic (exact) mass is 434 g/mol. The number of hydrogen-bond donors (Lipinski definition) is 2. The van der Waals surface area contributed by atoms with Crippen LogP contribution in [0.5, 0.6) is 0 Å². The summed E-state index contributed by atoms with van der Waals surface area (Å²) >= 11 is 0. The maximum Gasteiger partial charge on any atom is 0.340 e. The fourth-order valence-corrected chi connectivity index (χ4v) is 3.89. The molecule has 32 heavy (non-hydrogen) atoms. The van der Waals surface area contributed by atoms with Gasteiger partial charge in [-0.2, -0.15) is 9.61 Å². The molecule has 1 saturated heterocycles. The third-order valence-electron chi connectivity index (χ3n) is 5.51. The maximum atomic E-state index is 12.5. The van der Waals surface area contributed by atoms with E-state index in [1.165, 1.54) is 7.11 Å².